The van der Waals surface area contributed by atoms with Crippen LogP contribution >= 0.6 is 0 Å². The van der Waals surface area contributed by atoms with Crippen molar-refractivity contribution in [2.24, 2.45) is 5.73 Å². The first-order valence-electron chi connectivity index (χ1n) is 2.14. The lowest BCUT2D eigenvalue weighted by molar-refractivity contribution is -0.112. The number of hydrogen-bond acceptors (Lipinski definition) is 2. The van der Waals surface area contributed by atoms with Crippen molar-refractivity contribution in [3.05, 3.63) is 25.4 Å². The van der Waals surface area contributed by atoms with Crippen LogP contribution in [0.4, 0.5) is 0 Å². The van der Waals surface area contributed by atoms with Crippen molar-refractivity contribution in [2.45, 2.75) is 6.92 Å². The van der Waals surface area contributed by atoms with Gasteiger partial charge in [-0.1, -0.05) is 13.2 Å². The van der Waals surface area contributed by atoms with Crippen molar-refractivity contribution >= 4 is 5.78 Å². The Balaban J connectivity index is 0. The van der Waals surface area contributed by atoms with Crippen LogP contribution in [0.25, 0.3) is 0 Å². The molecule has 0 aromatic carbocycles. The molecule has 46 valence electrons. The van der Waals surface area contributed by atoms with Gasteiger partial charge >= 0.3 is 0 Å². The highest BCUT2D eigenvalue weighted by Gasteiger charge is 1.69. The van der Waals surface area contributed by atoms with Gasteiger partial charge in [-0.3, -0.25) is 4.79 Å². The second-order valence-electron chi connectivity index (χ2n) is 1.05. The summed E-state index contributed by atoms with van der Waals surface area (Å²) in [5.74, 6) is 0.0185. The fraction of sp³-hybridized carbons (Fsp3) is 0.167. The van der Waals surface area contributed by atoms with E-state index >= 15 is 0 Å². The number of rotatable bonds is 1. The monoisotopic (exact) mass is 113 g/mol. The third-order valence-corrected chi connectivity index (χ3v) is 0.287. The SMILES string of the molecule is C=CC(C)=O.C=CN. The van der Waals surface area contributed by atoms with Gasteiger partial charge in [-0.25, -0.2) is 0 Å². The molecule has 0 aliphatic heterocycles. The van der Waals surface area contributed by atoms with E-state index in [9.17, 15) is 4.79 Å². The van der Waals surface area contributed by atoms with E-state index in [1.807, 2.05) is 0 Å². The first-order valence-corrected chi connectivity index (χ1v) is 2.14. The summed E-state index contributed by atoms with van der Waals surface area (Å²) in [4.78, 5) is 9.69. The molecule has 0 saturated carbocycles. The molecule has 0 bridgehead atoms. The minimum atomic E-state index is 0.0185. The number of carbonyl (C=O) groups is 1. The molecule has 0 radical (unpaired) electrons. The lowest BCUT2D eigenvalue weighted by Crippen LogP contribution is -1.74. The Labute approximate surface area is 49.7 Å². The van der Waals surface area contributed by atoms with Crippen LogP contribution in [0.3, 0.4) is 0 Å². The highest BCUT2D eigenvalue weighted by Crippen LogP contribution is 1.60. The summed E-state index contributed by atoms with van der Waals surface area (Å²) >= 11 is 0. The molecule has 0 heterocycles. The summed E-state index contributed by atoms with van der Waals surface area (Å²) in [6.45, 7) is 7.81. The molecule has 0 aromatic rings. The number of ketones is 1. The van der Waals surface area contributed by atoms with Crippen molar-refractivity contribution in [1.29, 1.82) is 0 Å². The van der Waals surface area contributed by atoms with E-state index < -0.39 is 0 Å². The zero-order valence-corrected chi connectivity index (χ0v) is 5.05. The van der Waals surface area contributed by atoms with E-state index in [0.717, 1.165) is 0 Å². The van der Waals surface area contributed by atoms with Crippen LogP contribution < -0.4 is 5.73 Å². The number of hydrogen-bond donors (Lipinski definition) is 1. The Bertz CT molecular complexity index is 86.5. The number of carbonyl (C=O) groups excluding carboxylic acids is 1. The third kappa shape index (κ3) is 85.6. The van der Waals surface area contributed by atoms with Crippen molar-refractivity contribution in [3.8, 4) is 0 Å². The molecule has 0 atom stereocenters. The molecule has 0 amide bonds. The summed E-state index contributed by atoms with van der Waals surface area (Å²) in [7, 11) is 0. The summed E-state index contributed by atoms with van der Waals surface area (Å²) in [6.07, 6.45) is 2.53. The van der Waals surface area contributed by atoms with Crippen LogP contribution in [0.1, 0.15) is 6.92 Å². The van der Waals surface area contributed by atoms with Crippen molar-refractivity contribution in [1.82, 2.24) is 0 Å². The van der Waals surface area contributed by atoms with Crippen LogP contribution in [0.5, 0.6) is 0 Å². The van der Waals surface area contributed by atoms with Gasteiger partial charge in [-0.2, -0.15) is 0 Å². The number of nitrogens with two attached hydrogens (primary N) is 1. The molecule has 0 unspecified atom stereocenters. The first kappa shape index (κ1) is 10.0. The second-order valence-corrected chi connectivity index (χ2v) is 1.05. The summed E-state index contributed by atoms with van der Waals surface area (Å²) in [6, 6.07) is 0. The Morgan fingerprint density at radius 1 is 1.62 bits per heavy atom. The van der Waals surface area contributed by atoms with E-state index in [-0.39, 0.29) is 5.78 Å². The van der Waals surface area contributed by atoms with Gasteiger partial charge in [0.1, 0.15) is 0 Å². The highest BCUT2D eigenvalue weighted by atomic mass is 16.1. The Kier molecular flexibility index (Phi) is 11.7. The Hall–Kier alpha value is -1.05. The summed E-state index contributed by atoms with van der Waals surface area (Å²) in [5.41, 5.74) is 4.61. The molecular formula is C6H11NO. The minimum absolute atomic E-state index is 0.0185. The fourth-order valence-corrected chi connectivity index (χ4v) is 0. The summed E-state index contributed by atoms with van der Waals surface area (Å²) < 4.78 is 0. The predicted octanol–water partition coefficient (Wildman–Crippen LogP) is 0.850. The molecule has 2 heteroatoms. The van der Waals surface area contributed by atoms with Crippen LogP contribution in [-0.4, -0.2) is 5.78 Å². The van der Waals surface area contributed by atoms with Crippen LogP contribution in [-0.2, 0) is 4.79 Å². The van der Waals surface area contributed by atoms with E-state index in [1.54, 1.807) is 0 Å². The van der Waals surface area contributed by atoms with E-state index in [2.05, 4.69) is 18.9 Å². The van der Waals surface area contributed by atoms with Crippen molar-refractivity contribution in [3.63, 3.8) is 0 Å². The van der Waals surface area contributed by atoms with Gasteiger partial charge in [0, 0.05) is 0 Å². The molecule has 0 fully saturated rings. The maximum Gasteiger partial charge on any atom is 0.152 e. The van der Waals surface area contributed by atoms with Crippen LogP contribution in [0.2, 0.25) is 0 Å². The van der Waals surface area contributed by atoms with Gasteiger partial charge in [-0.05, 0) is 19.2 Å². The van der Waals surface area contributed by atoms with Gasteiger partial charge in [0.25, 0.3) is 0 Å². The maximum absolute atomic E-state index is 9.69. The lowest BCUT2D eigenvalue weighted by atomic mass is 10.5. The average Bonchev–Trinajstić information content (AvgIpc) is 1.69. The van der Waals surface area contributed by atoms with Gasteiger partial charge in [-0.15, -0.1) is 0 Å². The Morgan fingerprint density at radius 3 is 1.75 bits per heavy atom. The van der Waals surface area contributed by atoms with Crippen molar-refractivity contribution < 1.29 is 4.79 Å². The minimum Gasteiger partial charge on any atom is -0.405 e. The zero-order chi connectivity index (χ0) is 6.99. The average molecular weight is 113 g/mol. The van der Waals surface area contributed by atoms with Crippen molar-refractivity contribution in [2.75, 3.05) is 0 Å². The van der Waals surface area contributed by atoms with E-state index in [1.165, 1.54) is 19.2 Å². The first-order chi connectivity index (χ1) is 3.68. The molecule has 2 nitrogen and oxygen atoms in total. The molecule has 0 spiro atoms. The van der Waals surface area contributed by atoms with Gasteiger partial charge in [0.15, 0.2) is 5.78 Å². The zero-order valence-electron chi connectivity index (χ0n) is 5.05. The molecule has 2 N–H and O–H groups in total. The second kappa shape index (κ2) is 9.34. The van der Waals surface area contributed by atoms with Crippen LogP contribution in [0, 0.1) is 0 Å². The fourth-order valence-electron chi connectivity index (χ4n) is 0. The normalized spacial score (nSPS) is 5.62. The lowest BCUT2D eigenvalue weighted by Gasteiger charge is -1.62. The third-order valence-electron chi connectivity index (χ3n) is 0.287. The van der Waals surface area contributed by atoms with Crippen LogP contribution in [0.15, 0.2) is 25.4 Å². The highest BCUT2D eigenvalue weighted by molar-refractivity contribution is 5.86. The Morgan fingerprint density at radius 2 is 1.75 bits per heavy atom. The molecule has 0 aliphatic carbocycles. The van der Waals surface area contributed by atoms with Gasteiger partial charge in [0.05, 0.1) is 0 Å². The van der Waals surface area contributed by atoms with E-state index in [4.69, 9.17) is 0 Å². The quantitative estimate of drug-likeness (QED) is 0.512. The largest absolute Gasteiger partial charge is 0.405 e. The summed E-state index contributed by atoms with van der Waals surface area (Å²) in [5, 5.41) is 0. The molecule has 0 saturated heterocycles. The topological polar surface area (TPSA) is 43.1 Å². The molecule has 0 rings (SSSR count). The van der Waals surface area contributed by atoms with Gasteiger partial charge in [0.2, 0.25) is 0 Å². The molecule has 8 heavy (non-hydrogen) atoms. The maximum atomic E-state index is 9.69. The molecule has 0 aliphatic rings. The molecule has 0 aromatic heterocycles. The smallest absolute Gasteiger partial charge is 0.152 e. The van der Waals surface area contributed by atoms with E-state index in [0.29, 0.717) is 0 Å². The standard InChI is InChI=1S/C4H6O.C2H5N/c1-3-4(2)5;1-2-3/h3H,1H2,2H3;2H,1,3H2. The van der Waals surface area contributed by atoms with Gasteiger partial charge < -0.3 is 5.73 Å². The molecular weight excluding hydrogens is 102 g/mol. The number of allylic oxidation sites excluding steroid dienone is 1. The predicted molar refractivity (Wildman–Crippen MR) is 35.3 cm³/mol.